The number of nitrogens with zero attached hydrogens (tertiary/aromatic N) is 10. The number of anilines is 2. The van der Waals surface area contributed by atoms with Crippen molar-refractivity contribution in [3.63, 3.8) is 0 Å². The molecule has 2 aromatic carbocycles. The topological polar surface area (TPSA) is 180 Å². The van der Waals surface area contributed by atoms with E-state index in [-0.39, 0.29) is 23.4 Å². The van der Waals surface area contributed by atoms with Crippen molar-refractivity contribution in [2.24, 2.45) is 0 Å². The van der Waals surface area contributed by atoms with Gasteiger partial charge in [0.15, 0.2) is 35.4 Å². The number of rotatable bonds is 13. The highest BCUT2D eigenvalue weighted by atomic mass is 19.4. The predicted molar refractivity (Wildman–Crippen MR) is 194 cm³/mol. The predicted octanol–water partition coefficient (Wildman–Crippen LogP) is 3.34. The quantitative estimate of drug-likeness (QED) is 0.166. The Kier molecular flexibility index (Phi) is 11.0. The highest BCUT2D eigenvalue weighted by Crippen LogP contribution is 2.42. The molecule has 5 aromatic rings. The minimum Gasteiger partial charge on any atom is -0.497 e. The first kappa shape index (κ1) is 38.7. The number of imidazole rings is 1. The molecule has 5 atom stereocenters. The van der Waals surface area contributed by atoms with Gasteiger partial charge < -0.3 is 39.2 Å². The Labute approximate surface area is 319 Å². The molecule has 0 amide bonds. The molecule has 0 spiro atoms. The van der Waals surface area contributed by atoms with Crippen LogP contribution in [0, 0.1) is 0 Å². The fourth-order valence-electron chi connectivity index (χ4n) is 6.91. The van der Waals surface area contributed by atoms with Crippen LogP contribution in [0.15, 0.2) is 54.9 Å². The number of methoxy groups -OCH3 is 2. The third-order valence-corrected chi connectivity index (χ3v) is 10.1. The summed E-state index contributed by atoms with van der Waals surface area (Å²) in [7, 11) is 7.22. The van der Waals surface area contributed by atoms with Gasteiger partial charge in [0.05, 0.1) is 27.1 Å². The number of benzene rings is 2. The van der Waals surface area contributed by atoms with Crippen molar-refractivity contribution in [2.45, 2.75) is 62.6 Å². The van der Waals surface area contributed by atoms with Crippen LogP contribution in [0.1, 0.15) is 48.5 Å². The van der Waals surface area contributed by atoms with Crippen molar-refractivity contribution in [3.8, 4) is 11.5 Å². The number of esters is 1. The van der Waals surface area contributed by atoms with E-state index in [0.717, 1.165) is 17.5 Å². The fourth-order valence-corrected chi connectivity index (χ4v) is 6.91. The monoisotopic (exact) mass is 781 g/mol. The van der Waals surface area contributed by atoms with Gasteiger partial charge in [-0.05, 0) is 68.0 Å². The Morgan fingerprint density at radius 1 is 1.05 bits per heavy atom. The van der Waals surface area contributed by atoms with Crippen LogP contribution in [-0.4, -0.2) is 128 Å². The van der Waals surface area contributed by atoms with Crippen LogP contribution in [0.25, 0.3) is 11.2 Å². The van der Waals surface area contributed by atoms with Crippen molar-refractivity contribution < 1.29 is 42.0 Å². The number of halogens is 3. The molecule has 2 fully saturated rings. The maximum absolute atomic E-state index is 13.4. The van der Waals surface area contributed by atoms with Gasteiger partial charge in [-0.1, -0.05) is 24.3 Å². The molecular weight excluding hydrogens is 739 g/mol. The lowest BCUT2D eigenvalue weighted by Crippen LogP contribution is -2.38. The lowest BCUT2D eigenvalue weighted by Gasteiger charge is -2.23. The first-order valence-corrected chi connectivity index (χ1v) is 17.9. The molecule has 0 saturated carbocycles. The molecule has 0 radical (unpaired) electrons. The van der Waals surface area contributed by atoms with Crippen LogP contribution in [0.5, 0.6) is 11.5 Å². The number of nitrogens with one attached hydrogen (secondary N) is 1. The van der Waals surface area contributed by atoms with E-state index in [1.165, 1.54) is 15.7 Å². The lowest BCUT2D eigenvalue weighted by molar-refractivity contribution is -0.210. The fraction of sp³-hybridized carbons (Fsp3) is 0.472. The maximum atomic E-state index is 13.4. The highest BCUT2D eigenvalue weighted by molar-refractivity contribution is 5.84. The molecule has 2 aliphatic rings. The molecule has 0 aliphatic carbocycles. The molecule has 0 bridgehead atoms. The number of aliphatic hydroxyl groups excluding tert-OH is 1. The van der Waals surface area contributed by atoms with E-state index in [2.05, 4.69) is 30.6 Å². The smallest absolute Gasteiger partial charge is 0.490 e. The number of aliphatic hydroxyl groups is 1. The molecular formula is C36H42F3N11O6. The maximum Gasteiger partial charge on any atom is 0.490 e. The zero-order valence-corrected chi connectivity index (χ0v) is 31.3. The summed E-state index contributed by atoms with van der Waals surface area (Å²) in [5.74, 6) is -0.688. The lowest BCUT2D eigenvalue weighted by atomic mass is 9.91. The number of carbonyl (C=O) groups is 1. The summed E-state index contributed by atoms with van der Waals surface area (Å²) >= 11 is 0. The molecule has 5 heterocycles. The van der Waals surface area contributed by atoms with Gasteiger partial charge in [0.1, 0.15) is 17.6 Å². The molecule has 2 saturated heterocycles. The molecule has 298 valence electrons. The van der Waals surface area contributed by atoms with E-state index in [9.17, 15) is 23.1 Å². The van der Waals surface area contributed by atoms with Gasteiger partial charge in [-0.3, -0.25) is 4.57 Å². The van der Waals surface area contributed by atoms with Crippen LogP contribution in [0.4, 0.5) is 24.9 Å². The van der Waals surface area contributed by atoms with Gasteiger partial charge in [-0.15, -0.1) is 10.2 Å². The standard InChI is InChI=1S/C36H42F3N11O6/c1-6-50-45-31(44-46-50)29-28(56-34(52)36(37,38)39)27(51)33(55-29)49-19-41-26-30(42-35(43-32(26)49)48-16-15-22(18-48)47(2)3)40-17-25(20-7-11-23(53-4)12-8-20)21-9-13-24(54-5)14-10-21/h7-14,19,22,25,27-29,33,51H,6,15-18H2,1-5H3,(H,40,42,43)/t22-,27-,28+,29+,33-/m1/s1. The summed E-state index contributed by atoms with van der Waals surface area (Å²) in [5.41, 5.74) is 2.51. The Balaban J connectivity index is 1.28. The van der Waals surface area contributed by atoms with Crippen LogP contribution >= 0.6 is 0 Å². The summed E-state index contributed by atoms with van der Waals surface area (Å²) in [6.45, 7) is 3.67. The Morgan fingerprint density at radius 2 is 1.71 bits per heavy atom. The van der Waals surface area contributed by atoms with Gasteiger partial charge in [0, 0.05) is 31.6 Å². The molecule has 56 heavy (non-hydrogen) atoms. The van der Waals surface area contributed by atoms with Crippen LogP contribution < -0.4 is 19.7 Å². The number of tetrazole rings is 1. The van der Waals surface area contributed by atoms with Crippen molar-refractivity contribution in [1.82, 2.24) is 44.6 Å². The van der Waals surface area contributed by atoms with E-state index in [1.54, 1.807) is 21.1 Å². The summed E-state index contributed by atoms with van der Waals surface area (Å²) < 4.78 is 63.4. The minimum absolute atomic E-state index is 0.176. The van der Waals surface area contributed by atoms with Crippen LogP contribution in [0.2, 0.25) is 0 Å². The second-order valence-electron chi connectivity index (χ2n) is 13.7. The van der Waals surface area contributed by atoms with Crippen molar-refractivity contribution in [1.29, 1.82) is 0 Å². The van der Waals surface area contributed by atoms with Gasteiger partial charge >= 0.3 is 12.1 Å². The number of hydrogen-bond acceptors (Lipinski definition) is 15. The van der Waals surface area contributed by atoms with Crippen LogP contribution in [0.3, 0.4) is 0 Å². The van der Waals surface area contributed by atoms with Gasteiger partial charge in [-0.2, -0.15) is 27.9 Å². The first-order valence-electron chi connectivity index (χ1n) is 17.9. The molecule has 20 heteroatoms. The number of fused-ring (bicyclic) bond motifs is 1. The summed E-state index contributed by atoms with van der Waals surface area (Å²) in [6, 6.07) is 15.7. The van der Waals surface area contributed by atoms with E-state index in [0.29, 0.717) is 55.0 Å². The molecule has 17 nitrogen and oxygen atoms in total. The Morgan fingerprint density at radius 3 is 2.27 bits per heavy atom. The zero-order valence-electron chi connectivity index (χ0n) is 31.3. The average molecular weight is 782 g/mol. The number of alkyl halides is 3. The number of carbonyl (C=O) groups excluding carboxylic acids is 1. The Bertz CT molecular complexity index is 2080. The number of likely N-dealkylation sites (N-methyl/N-ethyl adjacent to an activating group) is 1. The second-order valence-corrected chi connectivity index (χ2v) is 13.7. The summed E-state index contributed by atoms with van der Waals surface area (Å²) in [5, 5.41) is 27.0. The van der Waals surface area contributed by atoms with E-state index in [1.807, 2.05) is 67.5 Å². The molecule has 3 aromatic heterocycles. The number of aromatic nitrogens is 8. The van der Waals surface area contributed by atoms with Crippen molar-refractivity contribution >= 4 is 28.9 Å². The molecule has 2 N–H and O–H groups in total. The van der Waals surface area contributed by atoms with Gasteiger partial charge in [0.25, 0.3) is 0 Å². The normalized spacial score (nSPS) is 21.3. The molecule has 7 rings (SSSR count). The van der Waals surface area contributed by atoms with Crippen molar-refractivity contribution in [3.05, 3.63) is 71.8 Å². The number of hydrogen-bond donors (Lipinski definition) is 2. The summed E-state index contributed by atoms with van der Waals surface area (Å²) in [6.07, 6.45) is -9.75. The SMILES string of the molecule is CCn1nnc([C@H]2O[C@@H](n3cnc4c(NCC(c5ccc(OC)cc5)c5ccc(OC)cc5)nc(N5CC[C@@H](N(C)C)C5)nc43)[C@H](O)[C@@H]2OC(=O)C(F)(F)F)n1. The van der Waals surface area contributed by atoms with Gasteiger partial charge in [-0.25, -0.2) is 9.78 Å². The summed E-state index contributed by atoms with van der Waals surface area (Å²) in [4.78, 5) is 31.9. The largest absolute Gasteiger partial charge is 0.497 e. The first-order chi connectivity index (χ1) is 26.9. The number of ether oxygens (including phenoxy) is 4. The number of aryl methyl sites for hydroxylation is 1. The third kappa shape index (κ3) is 7.76. The van der Waals surface area contributed by atoms with E-state index >= 15 is 0 Å². The second kappa shape index (κ2) is 15.9. The highest BCUT2D eigenvalue weighted by Gasteiger charge is 2.53. The molecule has 2 aliphatic heterocycles. The van der Waals surface area contributed by atoms with Crippen LogP contribution in [-0.2, 0) is 20.8 Å². The Hall–Kier alpha value is -5.60. The van der Waals surface area contributed by atoms with E-state index in [4.69, 9.17) is 28.9 Å². The molecule has 0 unspecified atom stereocenters. The van der Waals surface area contributed by atoms with Crippen molar-refractivity contribution in [2.75, 3.05) is 58.2 Å². The zero-order chi connectivity index (χ0) is 39.7. The minimum atomic E-state index is -5.34. The van der Waals surface area contributed by atoms with E-state index < -0.39 is 36.7 Å². The van der Waals surface area contributed by atoms with Gasteiger partial charge in [0.2, 0.25) is 11.8 Å². The average Bonchev–Trinajstić information content (AvgIpc) is 4.02. The third-order valence-electron chi connectivity index (χ3n) is 10.1.